The molecule has 0 bridgehead atoms. The van der Waals surface area contributed by atoms with E-state index >= 15 is 0 Å². The summed E-state index contributed by atoms with van der Waals surface area (Å²) < 4.78 is 0.533. The summed E-state index contributed by atoms with van der Waals surface area (Å²) in [5.74, 6) is -1.73. The Hall–Kier alpha value is -2.34. The molecule has 21 heavy (non-hydrogen) atoms. The number of carboxylic acids is 1. The topological polar surface area (TPSA) is 86.6 Å². The van der Waals surface area contributed by atoms with Crippen LogP contribution in [0.15, 0.2) is 40.9 Å². The van der Waals surface area contributed by atoms with Gasteiger partial charge in [0.25, 0.3) is 5.91 Å². The number of hydrogen-bond acceptors (Lipinski definition) is 3. The summed E-state index contributed by atoms with van der Waals surface area (Å²) in [6, 6.07) is 9.06. The molecule has 0 unspecified atom stereocenters. The van der Waals surface area contributed by atoms with Gasteiger partial charge in [0.1, 0.15) is 5.75 Å². The van der Waals surface area contributed by atoms with Crippen LogP contribution in [0.3, 0.4) is 0 Å². The molecule has 2 aromatic rings. The first-order chi connectivity index (χ1) is 9.86. The maximum absolute atomic E-state index is 12.1. The molecule has 6 heteroatoms. The van der Waals surface area contributed by atoms with Crippen molar-refractivity contribution < 1.29 is 19.8 Å². The predicted molar refractivity (Wildman–Crippen MR) is 81.9 cm³/mol. The summed E-state index contributed by atoms with van der Waals surface area (Å²) >= 11 is 3.19. The van der Waals surface area contributed by atoms with E-state index in [1.807, 2.05) is 0 Å². The number of phenolic OH excluding ortho intramolecular Hbond substituents is 1. The van der Waals surface area contributed by atoms with Gasteiger partial charge in [-0.1, -0.05) is 22.0 Å². The smallest absolute Gasteiger partial charge is 0.335 e. The van der Waals surface area contributed by atoms with Crippen LogP contribution in [0, 0.1) is 6.92 Å². The number of rotatable bonds is 3. The number of hydrogen-bond donors (Lipinski definition) is 3. The second kappa shape index (κ2) is 5.97. The number of halogens is 1. The van der Waals surface area contributed by atoms with Crippen LogP contribution in [0.25, 0.3) is 0 Å². The zero-order chi connectivity index (χ0) is 15.6. The van der Waals surface area contributed by atoms with E-state index in [0.717, 1.165) is 5.56 Å². The molecule has 0 heterocycles. The monoisotopic (exact) mass is 349 g/mol. The normalized spacial score (nSPS) is 10.2. The Kier molecular flexibility index (Phi) is 4.28. The highest BCUT2D eigenvalue weighted by Crippen LogP contribution is 2.23. The van der Waals surface area contributed by atoms with E-state index in [-0.39, 0.29) is 16.9 Å². The van der Waals surface area contributed by atoms with Crippen molar-refractivity contribution in [2.24, 2.45) is 0 Å². The summed E-state index contributed by atoms with van der Waals surface area (Å²) in [5, 5.41) is 21.3. The highest BCUT2D eigenvalue weighted by Gasteiger charge is 2.13. The van der Waals surface area contributed by atoms with Crippen molar-refractivity contribution >= 4 is 33.5 Å². The van der Waals surface area contributed by atoms with Crippen molar-refractivity contribution in [2.75, 3.05) is 5.32 Å². The van der Waals surface area contributed by atoms with Gasteiger partial charge in [-0.05, 0) is 42.8 Å². The quantitative estimate of drug-likeness (QED) is 0.792. The minimum Gasteiger partial charge on any atom is -0.507 e. The van der Waals surface area contributed by atoms with Gasteiger partial charge in [0.15, 0.2) is 0 Å². The van der Waals surface area contributed by atoms with Gasteiger partial charge in [-0.3, -0.25) is 4.79 Å². The Morgan fingerprint density at radius 3 is 2.48 bits per heavy atom. The number of carbonyl (C=O) groups is 2. The number of nitrogens with one attached hydrogen (secondary N) is 1. The largest absolute Gasteiger partial charge is 0.507 e. The molecule has 0 saturated carbocycles. The Balaban J connectivity index is 2.29. The van der Waals surface area contributed by atoms with E-state index in [1.54, 1.807) is 19.1 Å². The number of phenols is 1. The first kappa shape index (κ1) is 15.1. The lowest BCUT2D eigenvalue weighted by atomic mass is 10.1. The zero-order valence-electron chi connectivity index (χ0n) is 11.1. The minimum atomic E-state index is -1.09. The Bertz CT molecular complexity index is 728. The van der Waals surface area contributed by atoms with E-state index in [0.29, 0.717) is 10.2 Å². The number of aryl methyl sites for hydroxylation is 1. The molecular weight excluding hydrogens is 338 g/mol. The highest BCUT2D eigenvalue weighted by atomic mass is 79.9. The third kappa shape index (κ3) is 3.61. The van der Waals surface area contributed by atoms with Crippen molar-refractivity contribution in [1.29, 1.82) is 0 Å². The molecule has 3 N–H and O–H groups in total. The SMILES string of the molecule is Cc1ccc(C(=O)Nc2cc(Br)cc(C(=O)O)c2)c(O)c1. The molecule has 0 aliphatic heterocycles. The molecule has 0 fully saturated rings. The molecule has 0 aromatic heterocycles. The number of aromatic hydroxyl groups is 1. The van der Waals surface area contributed by atoms with Crippen LogP contribution in [-0.4, -0.2) is 22.1 Å². The lowest BCUT2D eigenvalue weighted by Gasteiger charge is -2.09. The van der Waals surface area contributed by atoms with Crippen LogP contribution < -0.4 is 5.32 Å². The standard InChI is InChI=1S/C15H12BrNO4/c1-8-2-3-12(13(18)4-8)14(19)17-11-6-9(15(20)21)5-10(16)7-11/h2-7,18H,1H3,(H,17,19)(H,20,21). The molecule has 5 nitrogen and oxygen atoms in total. The van der Waals surface area contributed by atoms with Gasteiger partial charge in [-0.15, -0.1) is 0 Å². The fourth-order valence-corrected chi connectivity index (χ4v) is 2.31. The molecule has 0 atom stereocenters. The first-order valence-corrected chi connectivity index (χ1v) is 6.81. The van der Waals surface area contributed by atoms with Crippen molar-refractivity contribution in [3.05, 3.63) is 57.6 Å². The summed E-state index contributed by atoms with van der Waals surface area (Å²) in [6.45, 7) is 1.80. The highest BCUT2D eigenvalue weighted by molar-refractivity contribution is 9.10. The van der Waals surface area contributed by atoms with Crippen LogP contribution in [0.1, 0.15) is 26.3 Å². The van der Waals surface area contributed by atoms with Crippen LogP contribution in [0.4, 0.5) is 5.69 Å². The predicted octanol–water partition coefficient (Wildman–Crippen LogP) is 3.41. The van der Waals surface area contributed by atoms with Gasteiger partial charge in [-0.25, -0.2) is 4.79 Å². The molecule has 2 aromatic carbocycles. The van der Waals surface area contributed by atoms with Crippen molar-refractivity contribution in [1.82, 2.24) is 0 Å². The van der Waals surface area contributed by atoms with E-state index < -0.39 is 11.9 Å². The summed E-state index contributed by atoms with van der Waals surface area (Å²) in [6.07, 6.45) is 0. The van der Waals surface area contributed by atoms with Crippen molar-refractivity contribution in [3.63, 3.8) is 0 Å². The minimum absolute atomic E-state index is 0.0489. The molecule has 108 valence electrons. The van der Waals surface area contributed by atoms with E-state index in [1.165, 1.54) is 24.3 Å². The van der Waals surface area contributed by atoms with Gasteiger partial charge in [0, 0.05) is 10.2 Å². The number of aromatic carboxylic acids is 1. The number of anilines is 1. The summed E-state index contributed by atoms with van der Waals surface area (Å²) in [7, 11) is 0. The molecule has 0 aliphatic carbocycles. The molecular formula is C15H12BrNO4. The van der Waals surface area contributed by atoms with Crippen LogP contribution in [-0.2, 0) is 0 Å². The molecule has 0 aliphatic rings. The van der Waals surface area contributed by atoms with Gasteiger partial charge in [-0.2, -0.15) is 0 Å². The average Bonchev–Trinajstić information content (AvgIpc) is 2.37. The number of carboxylic acid groups (broad SMARTS) is 1. The number of benzene rings is 2. The van der Waals surface area contributed by atoms with Crippen LogP contribution in [0.5, 0.6) is 5.75 Å². The molecule has 0 radical (unpaired) electrons. The fraction of sp³-hybridized carbons (Fsp3) is 0.0667. The number of carbonyl (C=O) groups excluding carboxylic acids is 1. The maximum atomic E-state index is 12.1. The third-order valence-electron chi connectivity index (χ3n) is 2.80. The molecule has 2 rings (SSSR count). The van der Waals surface area contributed by atoms with Gasteiger partial charge in [0.2, 0.25) is 0 Å². The van der Waals surface area contributed by atoms with Gasteiger partial charge in [0.05, 0.1) is 11.1 Å². The van der Waals surface area contributed by atoms with E-state index in [2.05, 4.69) is 21.2 Å². The lowest BCUT2D eigenvalue weighted by molar-refractivity contribution is 0.0696. The lowest BCUT2D eigenvalue weighted by Crippen LogP contribution is -2.12. The van der Waals surface area contributed by atoms with Crippen LogP contribution >= 0.6 is 15.9 Å². The number of amides is 1. The molecule has 0 saturated heterocycles. The second-order valence-electron chi connectivity index (χ2n) is 4.51. The first-order valence-electron chi connectivity index (χ1n) is 6.01. The maximum Gasteiger partial charge on any atom is 0.335 e. The van der Waals surface area contributed by atoms with Gasteiger partial charge >= 0.3 is 5.97 Å². The molecule has 0 spiro atoms. The molecule has 1 amide bonds. The summed E-state index contributed by atoms with van der Waals surface area (Å²) in [4.78, 5) is 23.1. The Labute approximate surface area is 129 Å². The van der Waals surface area contributed by atoms with Crippen molar-refractivity contribution in [2.45, 2.75) is 6.92 Å². The van der Waals surface area contributed by atoms with Crippen LogP contribution in [0.2, 0.25) is 0 Å². The average molecular weight is 350 g/mol. The third-order valence-corrected chi connectivity index (χ3v) is 3.26. The zero-order valence-corrected chi connectivity index (χ0v) is 12.6. The Morgan fingerprint density at radius 1 is 1.14 bits per heavy atom. The van der Waals surface area contributed by atoms with E-state index in [4.69, 9.17) is 5.11 Å². The van der Waals surface area contributed by atoms with Crippen molar-refractivity contribution in [3.8, 4) is 5.75 Å². The second-order valence-corrected chi connectivity index (χ2v) is 5.42. The van der Waals surface area contributed by atoms with E-state index in [9.17, 15) is 14.7 Å². The Morgan fingerprint density at radius 2 is 1.86 bits per heavy atom. The fourth-order valence-electron chi connectivity index (χ4n) is 1.82. The summed E-state index contributed by atoms with van der Waals surface area (Å²) in [5.41, 5.74) is 1.33. The van der Waals surface area contributed by atoms with Gasteiger partial charge < -0.3 is 15.5 Å².